The third-order valence-corrected chi connectivity index (χ3v) is 3.92. The second-order valence-electron chi connectivity index (χ2n) is 6.35. The molecule has 0 aliphatic carbocycles. The van der Waals surface area contributed by atoms with Gasteiger partial charge >= 0.3 is 0 Å². The molecule has 1 heterocycles. The highest BCUT2D eigenvalue weighted by molar-refractivity contribution is 5.65. The van der Waals surface area contributed by atoms with Crippen LogP contribution in [0.3, 0.4) is 0 Å². The van der Waals surface area contributed by atoms with Crippen molar-refractivity contribution in [3.05, 3.63) is 41.1 Å². The molecule has 21 heavy (non-hydrogen) atoms. The summed E-state index contributed by atoms with van der Waals surface area (Å²) in [5.41, 5.74) is 6.33. The van der Waals surface area contributed by atoms with E-state index in [1.807, 2.05) is 0 Å². The predicted octanol–water partition coefficient (Wildman–Crippen LogP) is 3.85. The Bertz CT molecular complexity index is 609. The highest BCUT2D eigenvalue weighted by atomic mass is 15.3. The molecule has 0 fully saturated rings. The molecule has 0 bridgehead atoms. The van der Waals surface area contributed by atoms with Crippen molar-refractivity contribution >= 4 is 0 Å². The first-order valence-electron chi connectivity index (χ1n) is 7.70. The van der Waals surface area contributed by atoms with Gasteiger partial charge in [-0.2, -0.15) is 5.10 Å². The Labute approximate surface area is 128 Å². The number of rotatable bonds is 5. The van der Waals surface area contributed by atoms with Crippen LogP contribution in [0.25, 0.3) is 11.3 Å². The van der Waals surface area contributed by atoms with Gasteiger partial charge in [0.05, 0.1) is 11.4 Å². The molecule has 114 valence electrons. The van der Waals surface area contributed by atoms with E-state index in [9.17, 15) is 0 Å². The van der Waals surface area contributed by atoms with E-state index < -0.39 is 0 Å². The molecular formula is C18H27N3. The van der Waals surface area contributed by atoms with Crippen LogP contribution in [0, 0.1) is 13.8 Å². The molecule has 0 aliphatic heterocycles. The van der Waals surface area contributed by atoms with Crippen LogP contribution in [0.15, 0.2) is 24.3 Å². The zero-order valence-corrected chi connectivity index (χ0v) is 14.1. The van der Waals surface area contributed by atoms with Crippen LogP contribution in [0.1, 0.15) is 36.7 Å². The van der Waals surface area contributed by atoms with Crippen LogP contribution in [0.4, 0.5) is 0 Å². The zero-order valence-electron chi connectivity index (χ0n) is 14.1. The molecule has 0 saturated carbocycles. The number of hydrogen-bond acceptors (Lipinski definition) is 2. The Morgan fingerprint density at radius 1 is 1.19 bits per heavy atom. The van der Waals surface area contributed by atoms with Crippen molar-refractivity contribution in [2.75, 3.05) is 20.6 Å². The minimum absolute atomic E-state index is 0.373. The minimum atomic E-state index is 0.373. The molecule has 0 atom stereocenters. The number of aromatic nitrogens is 2. The maximum absolute atomic E-state index is 4.70. The summed E-state index contributed by atoms with van der Waals surface area (Å²) in [5.74, 6) is 0. The van der Waals surface area contributed by atoms with Crippen LogP contribution in [0.2, 0.25) is 0 Å². The van der Waals surface area contributed by atoms with Crippen molar-refractivity contribution in [1.82, 2.24) is 14.7 Å². The SMILES string of the molecule is Cc1nn(C(C)C)c(-c2cccc(CCN(C)C)c2)c1C. The first-order chi connectivity index (χ1) is 9.90. The number of nitrogens with zero attached hydrogens (tertiary/aromatic N) is 3. The summed E-state index contributed by atoms with van der Waals surface area (Å²) in [6.07, 6.45) is 1.08. The molecule has 1 aromatic heterocycles. The summed E-state index contributed by atoms with van der Waals surface area (Å²) < 4.78 is 2.15. The molecule has 0 aliphatic rings. The lowest BCUT2D eigenvalue weighted by Crippen LogP contribution is -2.15. The highest BCUT2D eigenvalue weighted by Gasteiger charge is 2.15. The Kier molecular flexibility index (Phi) is 4.84. The van der Waals surface area contributed by atoms with Gasteiger partial charge in [-0.3, -0.25) is 4.68 Å². The second kappa shape index (κ2) is 6.44. The lowest BCUT2D eigenvalue weighted by molar-refractivity contribution is 0.413. The Hall–Kier alpha value is -1.61. The molecule has 0 spiro atoms. The highest BCUT2D eigenvalue weighted by Crippen LogP contribution is 2.28. The normalized spacial score (nSPS) is 11.6. The monoisotopic (exact) mass is 285 g/mol. The van der Waals surface area contributed by atoms with Gasteiger partial charge in [0.25, 0.3) is 0 Å². The lowest BCUT2D eigenvalue weighted by atomic mass is 10.0. The molecular weight excluding hydrogens is 258 g/mol. The summed E-state index contributed by atoms with van der Waals surface area (Å²) in [5, 5.41) is 4.70. The summed E-state index contributed by atoms with van der Waals surface area (Å²) in [6, 6.07) is 9.25. The smallest absolute Gasteiger partial charge is 0.0717 e. The van der Waals surface area contributed by atoms with Crippen molar-refractivity contribution in [1.29, 1.82) is 0 Å². The maximum Gasteiger partial charge on any atom is 0.0717 e. The maximum atomic E-state index is 4.70. The fourth-order valence-electron chi connectivity index (χ4n) is 2.58. The minimum Gasteiger partial charge on any atom is -0.309 e. The third kappa shape index (κ3) is 3.53. The molecule has 0 saturated heterocycles. The topological polar surface area (TPSA) is 21.1 Å². The Morgan fingerprint density at radius 3 is 2.52 bits per heavy atom. The predicted molar refractivity (Wildman–Crippen MR) is 89.8 cm³/mol. The first kappa shape index (κ1) is 15.8. The quantitative estimate of drug-likeness (QED) is 0.832. The van der Waals surface area contributed by atoms with Crippen LogP contribution in [-0.2, 0) is 6.42 Å². The van der Waals surface area contributed by atoms with Gasteiger partial charge in [0.1, 0.15) is 0 Å². The van der Waals surface area contributed by atoms with Crippen LogP contribution in [-0.4, -0.2) is 35.3 Å². The number of hydrogen-bond donors (Lipinski definition) is 0. The second-order valence-corrected chi connectivity index (χ2v) is 6.35. The Morgan fingerprint density at radius 2 is 1.90 bits per heavy atom. The molecule has 0 unspecified atom stereocenters. The van der Waals surface area contributed by atoms with E-state index in [4.69, 9.17) is 5.10 Å². The van der Waals surface area contributed by atoms with E-state index in [0.717, 1.165) is 18.7 Å². The van der Waals surface area contributed by atoms with Gasteiger partial charge < -0.3 is 4.90 Å². The fraction of sp³-hybridized carbons (Fsp3) is 0.500. The van der Waals surface area contributed by atoms with Gasteiger partial charge in [0.15, 0.2) is 0 Å². The summed E-state index contributed by atoms with van der Waals surface area (Å²) in [6.45, 7) is 9.71. The average Bonchev–Trinajstić information content (AvgIpc) is 2.73. The van der Waals surface area contributed by atoms with Gasteiger partial charge in [-0.15, -0.1) is 0 Å². The van der Waals surface area contributed by atoms with Crippen molar-refractivity contribution < 1.29 is 0 Å². The van der Waals surface area contributed by atoms with Crippen molar-refractivity contribution in [3.8, 4) is 11.3 Å². The molecule has 2 aromatic rings. The number of likely N-dealkylation sites (N-methyl/N-ethyl adjacent to an activating group) is 1. The van der Waals surface area contributed by atoms with Gasteiger partial charge in [0, 0.05) is 18.2 Å². The van der Waals surface area contributed by atoms with Crippen molar-refractivity contribution in [2.45, 2.75) is 40.2 Å². The van der Waals surface area contributed by atoms with E-state index in [-0.39, 0.29) is 0 Å². The van der Waals surface area contributed by atoms with Gasteiger partial charge in [0.2, 0.25) is 0 Å². The molecule has 2 rings (SSSR count). The van der Waals surface area contributed by atoms with E-state index >= 15 is 0 Å². The van der Waals surface area contributed by atoms with E-state index in [2.05, 4.69) is 75.6 Å². The van der Waals surface area contributed by atoms with E-state index in [1.165, 1.54) is 22.4 Å². The van der Waals surface area contributed by atoms with Gasteiger partial charge in [-0.1, -0.05) is 18.2 Å². The van der Waals surface area contributed by atoms with E-state index in [0.29, 0.717) is 6.04 Å². The van der Waals surface area contributed by atoms with Crippen molar-refractivity contribution in [2.24, 2.45) is 0 Å². The summed E-state index contributed by atoms with van der Waals surface area (Å²) in [7, 11) is 4.23. The summed E-state index contributed by atoms with van der Waals surface area (Å²) >= 11 is 0. The van der Waals surface area contributed by atoms with Gasteiger partial charge in [-0.05, 0) is 65.4 Å². The van der Waals surface area contributed by atoms with Crippen molar-refractivity contribution in [3.63, 3.8) is 0 Å². The molecule has 0 N–H and O–H groups in total. The summed E-state index contributed by atoms with van der Waals surface area (Å²) in [4.78, 5) is 2.22. The Balaban J connectivity index is 2.40. The molecule has 0 amide bonds. The van der Waals surface area contributed by atoms with Crippen LogP contribution < -0.4 is 0 Å². The zero-order chi connectivity index (χ0) is 15.6. The van der Waals surface area contributed by atoms with Crippen LogP contribution >= 0.6 is 0 Å². The van der Waals surface area contributed by atoms with Gasteiger partial charge in [-0.25, -0.2) is 0 Å². The molecule has 1 aromatic carbocycles. The van der Waals surface area contributed by atoms with E-state index in [1.54, 1.807) is 0 Å². The largest absolute Gasteiger partial charge is 0.309 e. The molecule has 3 heteroatoms. The third-order valence-electron chi connectivity index (χ3n) is 3.92. The van der Waals surface area contributed by atoms with Crippen LogP contribution in [0.5, 0.6) is 0 Å². The molecule has 0 radical (unpaired) electrons. The number of benzene rings is 1. The lowest BCUT2D eigenvalue weighted by Gasteiger charge is -2.14. The fourth-order valence-corrected chi connectivity index (χ4v) is 2.58. The molecule has 3 nitrogen and oxygen atoms in total. The standard InChI is InChI=1S/C18H27N3/c1-13(2)21-18(14(3)15(4)19-21)17-9-7-8-16(12-17)10-11-20(5)6/h7-9,12-13H,10-11H2,1-6H3. The first-order valence-corrected chi connectivity index (χ1v) is 7.70. The average molecular weight is 285 g/mol. The number of aryl methyl sites for hydroxylation is 1.